The van der Waals surface area contributed by atoms with E-state index in [0.717, 1.165) is 6.42 Å². The van der Waals surface area contributed by atoms with Crippen molar-refractivity contribution in [3.05, 3.63) is 35.9 Å². The fourth-order valence-electron chi connectivity index (χ4n) is 2.27. The summed E-state index contributed by atoms with van der Waals surface area (Å²) in [4.78, 5) is 11.5. The topological polar surface area (TPSA) is 17.1 Å². The summed E-state index contributed by atoms with van der Waals surface area (Å²) >= 11 is 0. The molecular formula is C13H16O. The fraction of sp³-hybridized carbons (Fsp3) is 0.462. The molecule has 0 heterocycles. The minimum atomic E-state index is 0.177. The highest BCUT2D eigenvalue weighted by atomic mass is 16.1. The fourth-order valence-corrected chi connectivity index (χ4v) is 2.27. The number of carbonyl (C=O) groups is 1. The highest BCUT2D eigenvalue weighted by molar-refractivity contribution is 5.92. The Hall–Kier alpha value is -1.11. The second-order valence-electron chi connectivity index (χ2n) is 4.47. The number of benzene rings is 1. The minimum Gasteiger partial charge on any atom is -0.299 e. The Balaban J connectivity index is 2.21. The molecule has 1 saturated carbocycles. The lowest BCUT2D eigenvalue weighted by Gasteiger charge is -2.38. The predicted molar refractivity (Wildman–Crippen MR) is 57.1 cm³/mol. The third-order valence-electron chi connectivity index (χ3n) is 3.23. The maximum Gasteiger partial charge on any atom is 0.140 e. The summed E-state index contributed by atoms with van der Waals surface area (Å²) in [6.45, 7) is 4.40. The Bertz CT molecular complexity index is 326. The third-order valence-corrected chi connectivity index (χ3v) is 3.23. The average molecular weight is 188 g/mol. The molecule has 1 fully saturated rings. The summed E-state index contributed by atoms with van der Waals surface area (Å²) in [5, 5.41) is 0. The Morgan fingerprint density at radius 1 is 1.21 bits per heavy atom. The van der Waals surface area contributed by atoms with E-state index in [0.29, 0.717) is 17.6 Å². The molecule has 14 heavy (non-hydrogen) atoms. The number of ketones is 1. The van der Waals surface area contributed by atoms with E-state index in [1.165, 1.54) is 5.56 Å². The van der Waals surface area contributed by atoms with Crippen molar-refractivity contribution >= 4 is 5.78 Å². The molecule has 1 nitrogen and oxygen atoms in total. The first kappa shape index (κ1) is 9.45. The van der Waals surface area contributed by atoms with E-state index in [9.17, 15) is 4.79 Å². The predicted octanol–water partition coefficient (Wildman–Crippen LogP) is 3.02. The normalized spacial score (nSPS) is 26.4. The lowest BCUT2D eigenvalue weighted by molar-refractivity contribution is -0.131. The van der Waals surface area contributed by atoms with Gasteiger partial charge in [-0.3, -0.25) is 4.79 Å². The van der Waals surface area contributed by atoms with Gasteiger partial charge in [0, 0.05) is 12.3 Å². The van der Waals surface area contributed by atoms with Gasteiger partial charge in [-0.25, -0.2) is 0 Å². The summed E-state index contributed by atoms with van der Waals surface area (Å²) in [5.74, 6) is 1.76. The van der Waals surface area contributed by atoms with Crippen LogP contribution >= 0.6 is 0 Å². The summed E-state index contributed by atoms with van der Waals surface area (Å²) in [7, 11) is 0. The van der Waals surface area contributed by atoms with Crippen LogP contribution in [0.1, 0.15) is 31.7 Å². The third kappa shape index (κ3) is 1.47. The molecule has 1 aliphatic rings. The molecule has 0 amide bonds. The second-order valence-corrected chi connectivity index (χ2v) is 4.47. The van der Waals surface area contributed by atoms with E-state index in [1.54, 1.807) is 0 Å². The van der Waals surface area contributed by atoms with Crippen molar-refractivity contribution in [3.63, 3.8) is 0 Å². The zero-order valence-corrected chi connectivity index (χ0v) is 8.73. The Kier molecular flexibility index (Phi) is 2.40. The molecule has 1 aromatic rings. The van der Waals surface area contributed by atoms with Crippen molar-refractivity contribution in [2.75, 3.05) is 0 Å². The zero-order valence-electron chi connectivity index (χ0n) is 8.73. The first-order valence-corrected chi connectivity index (χ1v) is 5.28. The molecule has 2 rings (SSSR count). The van der Waals surface area contributed by atoms with E-state index >= 15 is 0 Å². The number of carbonyl (C=O) groups excluding carboxylic acids is 1. The first-order chi connectivity index (χ1) is 6.70. The van der Waals surface area contributed by atoms with Crippen LogP contribution in [-0.4, -0.2) is 5.78 Å². The van der Waals surface area contributed by atoms with Crippen LogP contribution in [0.15, 0.2) is 30.3 Å². The van der Waals surface area contributed by atoms with E-state index in [1.807, 2.05) is 18.2 Å². The van der Waals surface area contributed by atoms with Crippen LogP contribution < -0.4 is 0 Å². The maximum atomic E-state index is 11.5. The van der Waals surface area contributed by atoms with Crippen molar-refractivity contribution in [2.24, 2.45) is 11.8 Å². The molecule has 1 aliphatic carbocycles. The lowest BCUT2D eigenvalue weighted by Crippen LogP contribution is -2.38. The van der Waals surface area contributed by atoms with Gasteiger partial charge in [-0.05, 0) is 17.4 Å². The molecule has 0 bridgehead atoms. The number of hydrogen-bond acceptors (Lipinski definition) is 1. The van der Waals surface area contributed by atoms with Crippen molar-refractivity contribution in [3.8, 4) is 0 Å². The molecule has 0 aliphatic heterocycles. The molecule has 0 aromatic heterocycles. The van der Waals surface area contributed by atoms with Crippen molar-refractivity contribution < 1.29 is 4.79 Å². The SMILES string of the molecule is CC(C)[C@H]1CC(=O)[C@@H]1c1ccccc1. The summed E-state index contributed by atoms with van der Waals surface area (Å²) in [5.41, 5.74) is 1.20. The van der Waals surface area contributed by atoms with E-state index in [4.69, 9.17) is 0 Å². The van der Waals surface area contributed by atoms with E-state index in [-0.39, 0.29) is 5.92 Å². The lowest BCUT2D eigenvalue weighted by atomic mass is 9.64. The summed E-state index contributed by atoms with van der Waals surface area (Å²) in [6.07, 6.45) is 0.775. The zero-order chi connectivity index (χ0) is 10.1. The van der Waals surface area contributed by atoms with Gasteiger partial charge in [-0.2, -0.15) is 0 Å². The molecule has 2 atom stereocenters. The van der Waals surface area contributed by atoms with Gasteiger partial charge in [-0.15, -0.1) is 0 Å². The van der Waals surface area contributed by atoms with Gasteiger partial charge < -0.3 is 0 Å². The second kappa shape index (κ2) is 3.56. The smallest absolute Gasteiger partial charge is 0.140 e. The Labute approximate surface area is 85.1 Å². The van der Waals surface area contributed by atoms with Gasteiger partial charge in [-0.1, -0.05) is 44.2 Å². The Morgan fingerprint density at radius 3 is 2.36 bits per heavy atom. The van der Waals surface area contributed by atoms with Crippen LogP contribution in [0, 0.1) is 11.8 Å². The van der Waals surface area contributed by atoms with Gasteiger partial charge in [0.25, 0.3) is 0 Å². The molecule has 1 aromatic carbocycles. The molecule has 74 valence electrons. The molecule has 0 spiro atoms. The monoisotopic (exact) mass is 188 g/mol. The molecule has 0 N–H and O–H groups in total. The molecular weight excluding hydrogens is 172 g/mol. The largest absolute Gasteiger partial charge is 0.299 e. The van der Waals surface area contributed by atoms with Crippen LogP contribution in [0.3, 0.4) is 0 Å². The van der Waals surface area contributed by atoms with Crippen molar-refractivity contribution in [2.45, 2.75) is 26.2 Å². The molecule has 1 heteroatoms. The first-order valence-electron chi connectivity index (χ1n) is 5.28. The van der Waals surface area contributed by atoms with E-state index < -0.39 is 0 Å². The van der Waals surface area contributed by atoms with Gasteiger partial charge in [0.1, 0.15) is 5.78 Å². The molecule has 0 saturated heterocycles. The van der Waals surface area contributed by atoms with Crippen LogP contribution in [0.5, 0.6) is 0 Å². The number of rotatable bonds is 2. The van der Waals surface area contributed by atoms with Crippen molar-refractivity contribution in [1.29, 1.82) is 0 Å². The number of hydrogen-bond donors (Lipinski definition) is 0. The maximum absolute atomic E-state index is 11.5. The highest BCUT2D eigenvalue weighted by Crippen LogP contribution is 2.43. The molecule has 0 radical (unpaired) electrons. The summed E-state index contributed by atoms with van der Waals surface area (Å²) < 4.78 is 0. The van der Waals surface area contributed by atoms with Gasteiger partial charge in [0.05, 0.1) is 0 Å². The highest BCUT2D eigenvalue weighted by Gasteiger charge is 2.41. The van der Waals surface area contributed by atoms with Crippen LogP contribution in [0.25, 0.3) is 0 Å². The standard InChI is InChI=1S/C13H16O/c1-9(2)11-8-12(14)13(11)10-6-4-3-5-7-10/h3-7,9,11,13H,8H2,1-2H3/t11-,13-/m1/s1. The Morgan fingerprint density at radius 2 is 1.86 bits per heavy atom. The minimum absolute atomic E-state index is 0.177. The van der Waals surface area contributed by atoms with Crippen LogP contribution in [-0.2, 0) is 4.79 Å². The van der Waals surface area contributed by atoms with Gasteiger partial charge >= 0.3 is 0 Å². The van der Waals surface area contributed by atoms with E-state index in [2.05, 4.69) is 26.0 Å². The van der Waals surface area contributed by atoms with Gasteiger partial charge in [0.15, 0.2) is 0 Å². The number of Topliss-reactive ketones (excluding diaryl/α,β-unsaturated/α-hetero) is 1. The van der Waals surface area contributed by atoms with Crippen LogP contribution in [0.2, 0.25) is 0 Å². The van der Waals surface area contributed by atoms with Crippen molar-refractivity contribution in [1.82, 2.24) is 0 Å². The molecule has 0 unspecified atom stereocenters. The summed E-state index contributed by atoms with van der Waals surface area (Å²) in [6, 6.07) is 10.2. The average Bonchev–Trinajstić information content (AvgIpc) is 2.15. The quantitative estimate of drug-likeness (QED) is 0.697. The van der Waals surface area contributed by atoms with Crippen LogP contribution in [0.4, 0.5) is 0 Å². The van der Waals surface area contributed by atoms with Gasteiger partial charge in [0.2, 0.25) is 0 Å².